The molecule has 0 radical (unpaired) electrons. The molecule has 0 aliphatic heterocycles. The smallest absolute Gasteiger partial charge is 0.123 e. The normalized spacial score (nSPS) is 14.0. The zero-order chi connectivity index (χ0) is 14.8. The van der Waals surface area contributed by atoms with Crippen molar-refractivity contribution in [3.8, 4) is 0 Å². The SMILES string of the molecule is Cc1[nH]c2ccccc2c1C(c1ccccc1)[C@H](C)C=O. The molecule has 3 rings (SSSR count). The van der Waals surface area contributed by atoms with E-state index >= 15 is 0 Å². The molecule has 0 fully saturated rings. The second-order valence-electron chi connectivity index (χ2n) is 5.59. The van der Waals surface area contributed by atoms with Gasteiger partial charge in [0.2, 0.25) is 0 Å². The largest absolute Gasteiger partial charge is 0.358 e. The van der Waals surface area contributed by atoms with E-state index < -0.39 is 0 Å². The Bertz CT molecular complexity index is 758. The molecule has 0 amide bonds. The van der Waals surface area contributed by atoms with Crippen LogP contribution in [0.2, 0.25) is 0 Å². The summed E-state index contributed by atoms with van der Waals surface area (Å²) < 4.78 is 0. The molecule has 1 aromatic heterocycles. The molecule has 1 N–H and O–H groups in total. The van der Waals surface area contributed by atoms with E-state index in [2.05, 4.69) is 36.2 Å². The summed E-state index contributed by atoms with van der Waals surface area (Å²) in [5.41, 5.74) is 4.68. The Morgan fingerprint density at radius 1 is 1.00 bits per heavy atom. The predicted molar refractivity (Wildman–Crippen MR) is 86.5 cm³/mol. The van der Waals surface area contributed by atoms with Crippen LogP contribution >= 0.6 is 0 Å². The van der Waals surface area contributed by atoms with E-state index in [-0.39, 0.29) is 11.8 Å². The Balaban J connectivity index is 2.24. The van der Waals surface area contributed by atoms with Gasteiger partial charge in [0.1, 0.15) is 6.29 Å². The second kappa shape index (κ2) is 5.57. The van der Waals surface area contributed by atoms with Gasteiger partial charge in [-0.3, -0.25) is 0 Å². The Labute approximate surface area is 124 Å². The first-order valence-electron chi connectivity index (χ1n) is 7.30. The van der Waals surface area contributed by atoms with E-state index in [1.807, 2.05) is 37.3 Å². The quantitative estimate of drug-likeness (QED) is 0.702. The molecular weight excluding hydrogens is 258 g/mol. The number of aromatic amines is 1. The number of hydrogen-bond donors (Lipinski definition) is 1. The molecule has 3 aromatic rings. The number of aryl methyl sites for hydroxylation is 1. The molecule has 0 saturated carbocycles. The number of hydrogen-bond acceptors (Lipinski definition) is 1. The number of fused-ring (bicyclic) bond motifs is 1. The Hall–Kier alpha value is -2.35. The molecule has 1 heterocycles. The van der Waals surface area contributed by atoms with Gasteiger partial charge in [-0.15, -0.1) is 0 Å². The van der Waals surface area contributed by atoms with Crippen LogP contribution in [0.4, 0.5) is 0 Å². The number of carbonyl (C=O) groups excluding carboxylic acids is 1. The maximum atomic E-state index is 11.5. The van der Waals surface area contributed by atoms with E-state index in [1.165, 1.54) is 16.5 Å². The molecule has 1 unspecified atom stereocenters. The van der Waals surface area contributed by atoms with Crippen molar-refractivity contribution in [2.24, 2.45) is 5.92 Å². The van der Waals surface area contributed by atoms with Gasteiger partial charge in [0, 0.05) is 28.4 Å². The number of rotatable bonds is 4. The lowest BCUT2D eigenvalue weighted by Gasteiger charge is -2.21. The molecule has 2 heteroatoms. The van der Waals surface area contributed by atoms with Gasteiger partial charge >= 0.3 is 0 Å². The van der Waals surface area contributed by atoms with Crippen LogP contribution in [0.15, 0.2) is 54.6 Å². The number of aromatic nitrogens is 1. The standard InChI is InChI=1S/C19H19NO/c1-13(12-21)18(15-8-4-3-5-9-15)19-14(2)20-17-11-7-6-10-16(17)19/h3-13,18,20H,1-2H3/t13-,18?/m1/s1. The van der Waals surface area contributed by atoms with E-state index in [0.29, 0.717) is 0 Å². The molecule has 0 aliphatic rings. The van der Waals surface area contributed by atoms with Crippen LogP contribution in [0.1, 0.15) is 29.7 Å². The van der Waals surface area contributed by atoms with E-state index in [4.69, 9.17) is 0 Å². The Kier molecular flexibility index (Phi) is 3.61. The average Bonchev–Trinajstić information content (AvgIpc) is 2.85. The number of nitrogens with one attached hydrogen (secondary N) is 1. The highest BCUT2D eigenvalue weighted by Gasteiger charge is 2.25. The first-order chi connectivity index (χ1) is 10.2. The first kappa shape index (κ1) is 13.6. The molecule has 2 nitrogen and oxygen atoms in total. The maximum Gasteiger partial charge on any atom is 0.123 e. The fourth-order valence-electron chi connectivity index (χ4n) is 3.17. The van der Waals surface area contributed by atoms with Crippen molar-refractivity contribution in [3.05, 3.63) is 71.4 Å². The molecular formula is C19H19NO. The minimum absolute atomic E-state index is 0.0645. The van der Waals surface area contributed by atoms with Gasteiger partial charge in [-0.05, 0) is 24.1 Å². The lowest BCUT2D eigenvalue weighted by Crippen LogP contribution is -2.13. The zero-order valence-electron chi connectivity index (χ0n) is 12.3. The van der Waals surface area contributed by atoms with Crippen molar-refractivity contribution in [1.29, 1.82) is 0 Å². The summed E-state index contributed by atoms with van der Waals surface area (Å²) in [5.74, 6) is 0.0187. The fraction of sp³-hybridized carbons (Fsp3) is 0.211. The Morgan fingerprint density at radius 2 is 1.67 bits per heavy atom. The van der Waals surface area contributed by atoms with Crippen molar-refractivity contribution in [3.63, 3.8) is 0 Å². The number of carbonyl (C=O) groups is 1. The highest BCUT2D eigenvalue weighted by molar-refractivity contribution is 5.86. The summed E-state index contributed by atoms with van der Waals surface area (Å²) in [6, 6.07) is 18.6. The van der Waals surface area contributed by atoms with E-state index in [0.717, 1.165) is 17.5 Å². The fourth-order valence-corrected chi connectivity index (χ4v) is 3.17. The monoisotopic (exact) mass is 277 g/mol. The number of para-hydroxylation sites is 1. The van der Waals surface area contributed by atoms with Crippen LogP contribution < -0.4 is 0 Å². The minimum Gasteiger partial charge on any atom is -0.358 e. The number of H-pyrrole nitrogens is 1. The van der Waals surface area contributed by atoms with Crippen LogP contribution in [0.25, 0.3) is 10.9 Å². The highest BCUT2D eigenvalue weighted by Crippen LogP contribution is 2.37. The molecule has 0 spiro atoms. The van der Waals surface area contributed by atoms with Crippen LogP contribution in [-0.4, -0.2) is 11.3 Å². The lowest BCUT2D eigenvalue weighted by molar-refractivity contribution is -0.110. The topological polar surface area (TPSA) is 32.9 Å². The minimum atomic E-state index is -0.0645. The molecule has 2 aromatic carbocycles. The van der Waals surface area contributed by atoms with Gasteiger partial charge < -0.3 is 9.78 Å². The molecule has 0 aliphatic carbocycles. The summed E-state index contributed by atoms with van der Waals surface area (Å²) in [6.45, 7) is 4.08. The van der Waals surface area contributed by atoms with Crippen molar-refractivity contribution in [2.45, 2.75) is 19.8 Å². The lowest BCUT2D eigenvalue weighted by atomic mass is 9.81. The van der Waals surface area contributed by atoms with Gasteiger partial charge in [-0.25, -0.2) is 0 Å². The van der Waals surface area contributed by atoms with Crippen LogP contribution in [0, 0.1) is 12.8 Å². The van der Waals surface area contributed by atoms with Crippen LogP contribution in [0.5, 0.6) is 0 Å². The van der Waals surface area contributed by atoms with E-state index in [9.17, 15) is 4.79 Å². The van der Waals surface area contributed by atoms with E-state index in [1.54, 1.807) is 0 Å². The highest BCUT2D eigenvalue weighted by atomic mass is 16.1. The van der Waals surface area contributed by atoms with Gasteiger partial charge in [0.05, 0.1) is 0 Å². The summed E-state index contributed by atoms with van der Waals surface area (Å²) in [5, 5.41) is 1.21. The summed E-state index contributed by atoms with van der Waals surface area (Å²) in [6.07, 6.45) is 1.05. The third kappa shape index (κ3) is 2.38. The van der Waals surface area contributed by atoms with Gasteiger partial charge in [-0.2, -0.15) is 0 Å². The molecule has 106 valence electrons. The molecule has 0 bridgehead atoms. The van der Waals surface area contributed by atoms with Gasteiger partial charge in [0.15, 0.2) is 0 Å². The van der Waals surface area contributed by atoms with Crippen molar-refractivity contribution >= 4 is 17.2 Å². The van der Waals surface area contributed by atoms with Crippen LogP contribution in [0.3, 0.4) is 0 Å². The number of aldehydes is 1. The number of benzene rings is 2. The third-order valence-corrected chi connectivity index (χ3v) is 4.15. The van der Waals surface area contributed by atoms with Gasteiger partial charge in [-0.1, -0.05) is 55.5 Å². The van der Waals surface area contributed by atoms with Gasteiger partial charge in [0.25, 0.3) is 0 Å². The molecule has 0 saturated heterocycles. The van der Waals surface area contributed by atoms with Crippen LogP contribution in [-0.2, 0) is 4.79 Å². The molecule has 2 atom stereocenters. The summed E-state index contributed by atoms with van der Waals surface area (Å²) >= 11 is 0. The zero-order valence-corrected chi connectivity index (χ0v) is 12.3. The second-order valence-corrected chi connectivity index (χ2v) is 5.59. The first-order valence-corrected chi connectivity index (χ1v) is 7.30. The van der Waals surface area contributed by atoms with Crippen molar-refractivity contribution < 1.29 is 4.79 Å². The molecule has 21 heavy (non-hydrogen) atoms. The summed E-state index contributed by atoms with van der Waals surface area (Å²) in [7, 11) is 0. The summed E-state index contributed by atoms with van der Waals surface area (Å²) in [4.78, 5) is 14.9. The van der Waals surface area contributed by atoms with Crippen molar-refractivity contribution in [2.75, 3.05) is 0 Å². The Morgan fingerprint density at radius 3 is 2.38 bits per heavy atom. The predicted octanol–water partition coefficient (Wildman–Crippen LogP) is 4.44. The average molecular weight is 277 g/mol. The maximum absolute atomic E-state index is 11.5. The third-order valence-electron chi connectivity index (χ3n) is 4.15. The van der Waals surface area contributed by atoms with Crippen molar-refractivity contribution in [1.82, 2.24) is 4.98 Å².